The third kappa shape index (κ3) is 2.41. The summed E-state index contributed by atoms with van der Waals surface area (Å²) in [6.45, 7) is 8.02. The highest BCUT2D eigenvalue weighted by Crippen LogP contribution is 2.41. The number of ether oxygens (including phenoxy) is 6. The number of hydrogen-bond donors (Lipinski definition) is 0. The topological polar surface area (TPSA) is 55.4 Å². The van der Waals surface area contributed by atoms with Crippen LogP contribution in [0, 0.1) is 0 Å². The van der Waals surface area contributed by atoms with Crippen LogP contribution < -0.4 is 0 Å². The van der Waals surface area contributed by atoms with Crippen LogP contribution in [-0.4, -0.2) is 56.0 Å². The summed E-state index contributed by atoms with van der Waals surface area (Å²) in [5, 5.41) is 0. The van der Waals surface area contributed by atoms with E-state index in [9.17, 15) is 0 Å². The predicted octanol–water partition coefficient (Wildman–Crippen LogP) is 1.03. The van der Waals surface area contributed by atoms with Crippen molar-refractivity contribution in [3.05, 3.63) is 0 Å². The van der Waals surface area contributed by atoms with E-state index in [1.165, 1.54) is 0 Å². The van der Waals surface area contributed by atoms with Crippen molar-refractivity contribution in [1.82, 2.24) is 0 Å². The molecule has 0 N–H and O–H groups in total. The second kappa shape index (κ2) is 4.38. The van der Waals surface area contributed by atoms with Crippen LogP contribution in [0.4, 0.5) is 0 Å². The zero-order chi connectivity index (χ0) is 13.8. The van der Waals surface area contributed by atoms with Gasteiger partial charge < -0.3 is 28.4 Å². The summed E-state index contributed by atoms with van der Waals surface area (Å²) in [7, 11) is 1.60. The molecule has 0 aromatic heterocycles. The van der Waals surface area contributed by atoms with Crippen LogP contribution in [0.2, 0.25) is 0 Å². The third-order valence-corrected chi connectivity index (χ3v) is 3.68. The maximum Gasteiger partial charge on any atom is 0.186 e. The second-order valence-electron chi connectivity index (χ2n) is 6.14. The molecule has 2 unspecified atom stereocenters. The molecular formula is C13H22O6. The minimum absolute atomic E-state index is 0.197. The molecule has 0 aromatic carbocycles. The van der Waals surface area contributed by atoms with E-state index in [-0.39, 0.29) is 24.4 Å². The highest BCUT2D eigenvalue weighted by atomic mass is 16.8. The average molecular weight is 274 g/mol. The van der Waals surface area contributed by atoms with Crippen molar-refractivity contribution in [3.63, 3.8) is 0 Å². The van der Waals surface area contributed by atoms with Crippen LogP contribution in [0.15, 0.2) is 0 Å². The first-order valence-corrected chi connectivity index (χ1v) is 6.67. The molecule has 3 aliphatic rings. The quantitative estimate of drug-likeness (QED) is 0.712. The normalized spacial score (nSPS) is 47.5. The lowest BCUT2D eigenvalue weighted by molar-refractivity contribution is -0.368. The first kappa shape index (κ1) is 13.7. The Hall–Kier alpha value is -0.240. The van der Waals surface area contributed by atoms with E-state index in [2.05, 4.69) is 0 Å². The summed E-state index contributed by atoms with van der Waals surface area (Å²) in [4.78, 5) is 0. The molecule has 3 rings (SSSR count). The number of hydrogen-bond acceptors (Lipinski definition) is 6. The van der Waals surface area contributed by atoms with Crippen LogP contribution in [0.25, 0.3) is 0 Å². The van der Waals surface area contributed by atoms with Crippen LogP contribution >= 0.6 is 0 Å². The Labute approximate surface area is 113 Å². The Kier molecular flexibility index (Phi) is 3.16. The van der Waals surface area contributed by atoms with Crippen molar-refractivity contribution in [2.24, 2.45) is 0 Å². The van der Waals surface area contributed by atoms with Gasteiger partial charge in [0, 0.05) is 7.11 Å². The van der Waals surface area contributed by atoms with Crippen LogP contribution in [-0.2, 0) is 28.4 Å². The van der Waals surface area contributed by atoms with Crippen molar-refractivity contribution >= 4 is 0 Å². The molecule has 3 aliphatic heterocycles. The first-order chi connectivity index (χ1) is 8.81. The maximum atomic E-state index is 5.98. The Morgan fingerprint density at radius 2 is 1.53 bits per heavy atom. The lowest BCUT2D eigenvalue weighted by atomic mass is 9.97. The maximum absolute atomic E-state index is 5.98. The van der Waals surface area contributed by atoms with Gasteiger partial charge in [0.1, 0.15) is 24.4 Å². The molecule has 110 valence electrons. The lowest BCUT2D eigenvalue weighted by Gasteiger charge is -2.48. The van der Waals surface area contributed by atoms with Crippen molar-refractivity contribution < 1.29 is 28.4 Å². The molecule has 19 heavy (non-hydrogen) atoms. The van der Waals surface area contributed by atoms with E-state index in [4.69, 9.17) is 28.4 Å². The van der Waals surface area contributed by atoms with E-state index in [0.29, 0.717) is 6.61 Å². The molecule has 3 saturated heterocycles. The molecule has 0 saturated carbocycles. The Morgan fingerprint density at radius 3 is 2.21 bits per heavy atom. The monoisotopic (exact) mass is 274 g/mol. The minimum Gasteiger partial charge on any atom is -0.353 e. The molecule has 0 radical (unpaired) electrons. The molecule has 5 atom stereocenters. The summed E-state index contributed by atoms with van der Waals surface area (Å²) in [6.07, 6.45) is -1.35. The molecule has 3 heterocycles. The standard InChI is InChI=1S/C13H22O6/c1-12(2)15-6-7-8(17-12)9-10(11(14-5)16-7)19-13(3,4)18-9/h7-11H,6H2,1-5H3/t7?,8-,9+,10+,11?/m1/s1. The van der Waals surface area contributed by atoms with Crippen molar-refractivity contribution in [1.29, 1.82) is 0 Å². The Balaban J connectivity index is 1.85. The summed E-state index contributed by atoms with van der Waals surface area (Å²) in [5.41, 5.74) is 0. The Bertz CT molecular complexity index is 355. The van der Waals surface area contributed by atoms with Crippen molar-refractivity contribution in [2.45, 2.75) is 70.0 Å². The van der Waals surface area contributed by atoms with Gasteiger partial charge >= 0.3 is 0 Å². The second-order valence-corrected chi connectivity index (χ2v) is 6.14. The van der Waals surface area contributed by atoms with Gasteiger partial charge in [-0.15, -0.1) is 0 Å². The highest BCUT2D eigenvalue weighted by molar-refractivity contribution is 4.99. The third-order valence-electron chi connectivity index (χ3n) is 3.68. The predicted molar refractivity (Wildman–Crippen MR) is 64.4 cm³/mol. The van der Waals surface area contributed by atoms with Crippen LogP contribution in [0.5, 0.6) is 0 Å². The molecule has 0 spiro atoms. The van der Waals surface area contributed by atoms with Gasteiger partial charge in [-0.1, -0.05) is 0 Å². The van der Waals surface area contributed by atoms with E-state index in [1.54, 1.807) is 7.11 Å². The molecule has 6 heteroatoms. The molecule has 0 aliphatic carbocycles. The number of fused-ring (bicyclic) bond motifs is 3. The van der Waals surface area contributed by atoms with E-state index >= 15 is 0 Å². The van der Waals surface area contributed by atoms with Gasteiger partial charge in [-0.05, 0) is 27.7 Å². The Morgan fingerprint density at radius 1 is 0.895 bits per heavy atom. The van der Waals surface area contributed by atoms with Crippen LogP contribution in [0.3, 0.4) is 0 Å². The van der Waals surface area contributed by atoms with Gasteiger partial charge in [-0.2, -0.15) is 0 Å². The molecular weight excluding hydrogens is 252 g/mol. The number of rotatable bonds is 1. The highest BCUT2D eigenvalue weighted by Gasteiger charge is 2.58. The largest absolute Gasteiger partial charge is 0.353 e. The molecule has 0 aromatic rings. The summed E-state index contributed by atoms with van der Waals surface area (Å²) < 4.78 is 34.7. The van der Waals surface area contributed by atoms with Gasteiger partial charge in [-0.3, -0.25) is 0 Å². The fourth-order valence-electron chi connectivity index (χ4n) is 2.93. The lowest BCUT2D eigenvalue weighted by Crippen LogP contribution is -2.63. The zero-order valence-corrected chi connectivity index (χ0v) is 12.0. The average Bonchev–Trinajstić information content (AvgIpc) is 2.63. The fourth-order valence-corrected chi connectivity index (χ4v) is 2.93. The van der Waals surface area contributed by atoms with Gasteiger partial charge in [0.25, 0.3) is 0 Å². The minimum atomic E-state index is -0.657. The summed E-state index contributed by atoms with van der Waals surface area (Å²) in [5.74, 6) is -1.29. The van der Waals surface area contributed by atoms with Crippen LogP contribution in [0.1, 0.15) is 27.7 Å². The van der Waals surface area contributed by atoms with Crippen molar-refractivity contribution in [2.75, 3.05) is 13.7 Å². The fraction of sp³-hybridized carbons (Fsp3) is 1.00. The summed E-state index contributed by atoms with van der Waals surface area (Å²) in [6, 6.07) is 0. The van der Waals surface area contributed by atoms with E-state index in [0.717, 1.165) is 0 Å². The van der Waals surface area contributed by atoms with Gasteiger partial charge in [0.15, 0.2) is 17.9 Å². The van der Waals surface area contributed by atoms with Crippen molar-refractivity contribution in [3.8, 4) is 0 Å². The van der Waals surface area contributed by atoms with Gasteiger partial charge in [0.05, 0.1) is 6.61 Å². The first-order valence-electron chi connectivity index (χ1n) is 6.67. The van der Waals surface area contributed by atoms with E-state index < -0.39 is 17.9 Å². The molecule has 6 nitrogen and oxygen atoms in total. The number of methoxy groups -OCH3 is 1. The van der Waals surface area contributed by atoms with E-state index in [1.807, 2.05) is 27.7 Å². The SMILES string of the molecule is COC1OC2COC(C)(C)O[C@H]2[C@@H]2OC(C)(C)O[C@H]12. The molecule has 0 bridgehead atoms. The zero-order valence-electron chi connectivity index (χ0n) is 12.0. The van der Waals surface area contributed by atoms with Gasteiger partial charge in [0.2, 0.25) is 0 Å². The van der Waals surface area contributed by atoms with Gasteiger partial charge in [-0.25, -0.2) is 0 Å². The summed E-state index contributed by atoms with van der Waals surface area (Å²) >= 11 is 0. The molecule has 0 amide bonds. The molecule has 3 fully saturated rings. The smallest absolute Gasteiger partial charge is 0.186 e.